The van der Waals surface area contributed by atoms with Gasteiger partial charge in [-0.05, 0) is 47.4 Å². The maximum Gasteiger partial charge on any atom is 0.416 e. The zero-order valence-corrected chi connectivity index (χ0v) is 21.5. The molecule has 9 heteroatoms. The Morgan fingerprint density at radius 3 is 2.14 bits per heavy atom. The zero-order chi connectivity index (χ0) is 26.5. The number of piperazine rings is 1. The van der Waals surface area contributed by atoms with Crippen LogP contribution in [0.4, 0.5) is 13.2 Å². The normalized spacial score (nSPS) is 16.5. The summed E-state index contributed by atoms with van der Waals surface area (Å²) in [5.41, 5.74) is 1.58. The summed E-state index contributed by atoms with van der Waals surface area (Å²) in [7, 11) is -3.55. The molecule has 0 N–H and O–H groups in total. The lowest BCUT2D eigenvalue weighted by Gasteiger charge is -2.34. The van der Waals surface area contributed by atoms with Gasteiger partial charge in [0.05, 0.1) is 17.1 Å². The number of benzene rings is 3. The number of sulfonamides is 1. The Morgan fingerprint density at radius 2 is 1.51 bits per heavy atom. The van der Waals surface area contributed by atoms with Gasteiger partial charge in [-0.25, -0.2) is 8.42 Å². The molecule has 0 aromatic heterocycles. The third-order valence-electron chi connectivity index (χ3n) is 6.61. The lowest BCUT2D eigenvalue weighted by molar-refractivity contribution is -0.137. The molecule has 1 heterocycles. The van der Waals surface area contributed by atoms with E-state index in [0.29, 0.717) is 49.8 Å². The number of aryl methyl sites for hydroxylation is 1. The first-order valence-corrected chi connectivity index (χ1v) is 13.8. The molecule has 5 nitrogen and oxygen atoms in total. The summed E-state index contributed by atoms with van der Waals surface area (Å²) in [6.45, 7) is 4.70. The van der Waals surface area contributed by atoms with Crippen LogP contribution >= 0.6 is 0 Å². The van der Waals surface area contributed by atoms with Crippen LogP contribution in [0.15, 0.2) is 83.8 Å². The highest BCUT2D eigenvalue weighted by Crippen LogP contribution is 2.33. The van der Waals surface area contributed by atoms with Crippen LogP contribution in [-0.2, 0) is 27.4 Å². The van der Waals surface area contributed by atoms with Crippen molar-refractivity contribution < 1.29 is 26.3 Å². The number of rotatable bonds is 9. The molecule has 0 spiro atoms. The molecule has 1 unspecified atom stereocenters. The Bertz CT molecular complexity index is 1260. The van der Waals surface area contributed by atoms with Gasteiger partial charge >= 0.3 is 6.18 Å². The summed E-state index contributed by atoms with van der Waals surface area (Å²) in [5, 5.41) is 0. The summed E-state index contributed by atoms with van der Waals surface area (Å²) < 4.78 is 73.5. The number of halogens is 3. The molecule has 3 aromatic carbocycles. The van der Waals surface area contributed by atoms with E-state index in [1.165, 1.54) is 10.4 Å². The Labute approximate surface area is 216 Å². The molecule has 3 aromatic rings. The van der Waals surface area contributed by atoms with Gasteiger partial charge in [0.1, 0.15) is 6.10 Å². The Balaban J connectivity index is 1.36. The molecule has 0 amide bonds. The van der Waals surface area contributed by atoms with Crippen molar-refractivity contribution in [2.75, 3.05) is 39.3 Å². The molecule has 198 valence electrons. The van der Waals surface area contributed by atoms with Crippen molar-refractivity contribution in [1.29, 1.82) is 0 Å². The first-order chi connectivity index (χ1) is 17.7. The predicted molar refractivity (Wildman–Crippen MR) is 137 cm³/mol. The van der Waals surface area contributed by atoms with Gasteiger partial charge in [-0.2, -0.15) is 17.5 Å². The number of alkyl halides is 3. The van der Waals surface area contributed by atoms with E-state index in [0.717, 1.165) is 29.7 Å². The lowest BCUT2D eigenvalue weighted by Crippen LogP contribution is -2.49. The van der Waals surface area contributed by atoms with Crippen LogP contribution < -0.4 is 0 Å². The van der Waals surface area contributed by atoms with Crippen LogP contribution in [0.3, 0.4) is 0 Å². The second-order valence-corrected chi connectivity index (χ2v) is 11.0. The molecule has 1 aliphatic rings. The fraction of sp³-hybridized carbons (Fsp3) is 0.357. The maximum absolute atomic E-state index is 13.3. The van der Waals surface area contributed by atoms with Crippen molar-refractivity contribution >= 4 is 10.0 Å². The largest absolute Gasteiger partial charge is 0.416 e. The van der Waals surface area contributed by atoms with Crippen molar-refractivity contribution in [3.63, 3.8) is 0 Å². The first-order valence-electron chi connectivity index (χ1n) is 12.3. The molecule has 0 bridgehead atoms. The number of hydrogen-bond donors (Lipinski definition) is 0. The van der Waals surface area contributed by atoms with Crippen LogP contribution in [0, 0.1) is 0 Å². The summed E-state index contributed by atoms with van der Waals surface area (Å²) in [4.78, 5) is 2.41. The summed E-state index contributed by atoms with van der Waals surface area (Å²) in [6, 6.07) is 21.4. The van der Waals surface area contributed by atoms with Crippen LogP contribution in [-0.4, -0.2) is 57.0 Å². The van der Waals surface area contributed by atoms with Gasteiger partial charge in [0, 0.05) is 32.7 Å². The molecule has 1 saturated heterocycles. The lowest BCUT2D eigenvalue weighted by atomic mass is 9.99. The monoisotopic (exact) mass is 532 g/mol. The van der Waals surface area contributed by atoms with E-state index < -0.39 is 27.9 Å². The van der Waals surface area contributed by atoms with Gasteiger partial charge in [-0.1, -0.05) is 61.5 Å². The third-order valence-corrected chi connectivity index (χ3v) is 8.52. The quantitative estimate of drug-likeness (QED) is 0.371. The van der Waals surface area contributed by atoms with E-state index in [9.17, 15) is 21.6 Å². The molecule has 4 rings (SSSR count). The molecule has 1 atom stereocenters. The summed E-state index contributed by atoms with van der Waals surface area (Å²) >= 11 is 0. The Morgan fingerprint density at radius 1 is 0.865 bits per heavy atom. The molecule has 0 saturated carbocycles. The number of hydrogen-bond acceptors (Lipinski definition) is 4. The van der Waals surface area contributed by atoms with E-state index in [1.807, 2.05) is 49.4 Å². The number of nitrogens with zero attached hydrogens (tertiary/aromatic N) is 2. The SMILES string of the molecule is CCc1ccc(S(=O)(=O)N2CCN(CCOC(c3ccccc3)c3cccc(C(F)(F)F)c3)CC2)cc1. The van der Waals surface area contributed by atoms with Crippen LogP contribution in [0.5, 0.6) is 0 Å². The van der Waals surface area contributed by atoms with Crippen LogP contribution in [0.1, 0.15) is 35.3 Å². The summed E-state index contributed by atoms with van der Waals surface area (Å²) in [5.74, 6) is 0. The van der Waals surface area contributed by atoms with Gasteiger partial charge in [0.15, 0.2) is 0 Å². The highest BCUT2D eigenvalue weighted by Gasteiger charge is 2.32. The van der Waals surface area contributed by atoms with Crippen molar-refractivity contribution in [1.82, 2.24) is 9.21 Å². The summed E-state index contributed by atoms with van der Waals surface area (Å²) in [6.07, 6.45) is -4.23. The standard InChI is InChI=1S/C28H31F3N2O3S/c1-2-22-11-13-26(14-12-22)37(34,35)33-17-15-32(16-18-33)19-20-36-27(23-7-4-3-5-8-23)24-9-6-10-25(21-24)28(29,30)31/h3-14,21,27H,2,15-20H2,1H3. The molecule has 0 radical (unpaired) electrons. The minimum atomic E-state index is -4.44. The van der Waals surface area contributed by atoms with E-state index in [4.69, 9.17) is 4.74 Å². The fourth-order valence-electron chi connectivity index (χ4n) is 4.43. The smallest absolute Gasteiger partial charge is 0.367 e. The predicted octanol–water partition coefficient (Wildman–Crippen LogP) is 5.38. The van der Waals surface area contributed by atoms with Crippen molar-refractivity contribution in [3.05, 3.63) is 101 Å². The molecular formula is C28H31F3N2O3S. The number of ether oxygens (including phenoxy) is 1. The van der Waals surface area contributed by atoms with E-state index >= 15 is 0 Å². The average molecular weight is 533 g/mol. The average Bonchev–Trinajstić information content (AvgIpc) is 2.91. The van der Waals surface area contributed by atoms with E-state index in [-0.39, 0.29) is 0 Å². The van der Waals surface area contributed by atoms with Crippen LogP contribution in [0.25, 0.3) is 0 Å². The Hall–Kier alpha value is -2.72. The highest BCUT2D eigenvalue weighted by atomic mass is 32.2. The highest BCUT2D eigenvalue weighted by molar-refractivity contribution is 7.89. The van der Waals surface area contributed by atoms with Crippen molar-refractivity contribution in [2.24, 2.45) is 0 Å². The zero-order valence-electron chi connectivity index (χ0n) is 20.7. The van der Waals surface area contributed by atoms with Gasteiger partial charge in [-0.3, -0.25) is 4.90 Å². The van der Waals surface area contributed by atoms with E-state index in [1.54, 1.807) is 18.2 Å². The molecular weight excluding hydrogens is 501 g/mol. The van der Waals surface area contributed by atoms with E-state index in [2.05, 4.69) is 4.90 Å². The molecule has 1 aliphatic heterocycles. The third kappa shape index (κ3) is 6.78. The first kappa shape index (κ1) is 27.3. The molecule has 1 fully saturated rings. The molecule has 37 heavy (non-hydrogen) atoms. The minimum absolute atomic E-state index is 0.293. The topological polar surface area (TPSA) is 49.9 Å². The molecule has 0 aliphatic carbocycles. The van der Waals surface area contributed by atoms with Crippen molar-refractivity contribution in [2.45, 2.75) is 30.5 Å². The maximum atomic E-state index is 13.3. The Kier molecular flexibility index (Phi) is 8.69. The van der Waals surface area contributed by atoms with Gasteiger partial charge in [0.2, 0.25) is 10.0 Å². The fourth-order valence-corrected chi connectivity index (χ4v) is 5.85. The van der Waals surface area contributed by atoms with Gasteiger partial charge in [0.25, 0.3) is 0 Å². The van der Waals surface area contributed by atoms with Gasteiger partial charge in [-0.15, -0.1) is 0 Å². The van der Waals surface area contributed by atoms with Crippen molar-refractivity contribution in [3.8, 4) is 0 Å². The van der Waals surface area contributed by atoms with Gasteiger partial charge < -0.3 is 4.74 Å². The van der Waals surface area contributed by atoms with Crippen LogP contribution in [0.2, 0.25) is 0 Å². The second kappa shape index (κ2) is 11.8. The minimum Gasteiger partial charge on any atom is -0.367 e. The second-order valence-electron chi connectivity index (χ2n) is 9.03.